The molecule has 2 N–H and O–H groups in total. The number of likely N-dealkylation sites (N-methyl/N-ethyl adjacent to an activating group) is 1. The maximum absolute atomic E-state index is 13.8. The topological polar surface area (TPSA) is 52.6 Å². The zero-order chi connectivity index (χ0) is 14.6. The van der Waals surface area contributed by atoms with E-state index in [9.17, 15) is 14.3 Å². The lowest BCUT2D eigenvalue weighted by Gasteiger charge is -2.30. The largest absolute Gasteiger partial charge is 0.394 e. The molecule has 1 aromatic carbocycles. The van der Waals surface area contributed by atoms with Crippen LogP contribution in [0.4, 0.5) is 4.39 Å². The molecule has 0 aromatic heterocycles. The zero-order valence-electron chi connectivity index (χ0n) is 11.8. The van der Waals surface area contributed by atoms with Gasteiger partial charge in [-0.2, -0.15) is 0 Å². The van der Waals surface area contributed by atoms with Crippen LogP contribution in [-0.2, 0) is 4.79 Å². The number of nitrogens with one attached hydrogen (secondary N) is 1. The van der Waals surface area contributed by atoms with E-state index in [4.69, 9.17) is 0 Å². The van der Waals surface area contributed by atoms with Crippen molar-refractivity contribution in [3.8, 4) is 0 Å². The maximum atomic E-state index is 13.8. The van der Waals surface area contributed by atoms with Crippen molar-refractivity contribution in [2.24, 2.45) is 0 Å². The Balaban J connectivity index is 3.03. The molecule has 19 heavy (non-hydrogen) atoms. The Hall–Kier alpha value is -1.46. The Morgan fingerprint density at radius 3 is 2.47 bits per heavy atom. The number of hydrogen-bond donors (Lipinski definition) is 2. The molecule has 0 fully saturated rings. The number of carbonyl (C=O) groups is 1. The highest BCUT2D eigenvalue weighted by Gasteiger charge is 2.29. The molecule has 0 saturated carbocycles. The minimum absolute atomic E-state index is 0.184. The van der Waals surface area contributed by atoms with Crippen molar-refractivity contribution in [3.63, 3.8) is 0 Å². The third-order valence-corrected chi connectivity index (χ3v) is 2.82. The van der Waals surface area contributed by atoms with Crippen LogP contribution in [0.1, 0.15) is 25.5 Å². The predicted molar refractivity (Wildman–Crippen MR) is 72.1 cm³/mol. The molecule has 0 bridgehead atoms. The number of benzene rings is 1. The second-order valence-corrected chi connectivity index (χ2v) is 5.42. The Labute approximate surface area is 113 Å². The quantitative estimate of drug-likeness (QED) is 0.846. The van der Waals surface area contributed by atoms with Gasteiger partial charge in [-0.15, -0.1) is 0 Å². The molecule has 1 rings (SSSR count). The van der Waals surface area contributed by atoms with Crippen LogP contribution in [0.25, 0.3) is 0 Å². The van der Waals surface area contributed by atoms with E-state index in [-0.39, 0.29) is 12.5 Å². The van der Waals surface area contributed by atoms with E-state index in [1.165, 1.54) is 6.07 Å². The van der Waals surface area contributed by atoms with Crippen LogP contribution in [0.5, 0.6) is 0 Å². The SMILES string of the molecule is CN(C)C(C(=O)NC(C)(C)CO)c1ccccc1F. The molecule has 0 spiro atoms. The molecule has 0 radical (unpaired) electrons. The third kappa shape index (κ3) is 4.01. The van der Waals surface area contributed by atoms with E-state index in [0.29, 0.717) is 5.56 Å². The van der Waals surface area contributed by atoms with Crippen LogP contribution in [0.3, 0.4) is 0 Å². The fourth-order valence-corrected chi connectivity index (χ4v) is 1.79. The molecule has 1 aromatic rings. The number of carbonyl (C=O) groups excluding carboxylic acids is 1. The summed E-state index contributed by atoms with van der Waals surface area (Å²) in [6.07, 6.45) is 0. The average molecular weight is 268 g/mol. The van der Waals surface area contributed by atoms with Gasteiger partial charge in [-0.05, 0) is 34.0 Å². The first kappa shape index (κ1) is 15.6. The first-order valence-electron chi connectivity index (χ1n) is 6.12. The smallest absolute Gasteiger partial charge is 0.242 e. The molecule has 1 atom stereocenters. The number of rotatable bonds is 5. The van der Waals surface area contributed by atoms with E-state index >= 15 is 0 Å². The predicted octanol–water partition coefficient (Wildman–Crippen LogP) is 1.32. The van der Waals surface area contributed by atoms with E-state index in [1.807, 2.05) is 0 Å². The Morgan fingerprint density at radius 2 is 2.00 bits per heavy atom. The first-order valence-corrected chi connectivity index (χ1v) is 6.12. The van der Waals surface area contributed by atoms with E-state index in [1.54, 1.807) is 51.0 Å². The van der Waals surface area contributed by atoms with Crippen LogP contribution in [-0.4, -0.2) is 42.2 Å². The van der Waals surface area contributed by atoms with Gasteiger partial charge in [-0.3, -0.25) is 9.69 Å². The summed E-state index contributed by atoms with van der Waals surface area (Å²) >= 11 is 0. The van der Waals surface area contributed by atoms with E-state index < -0.39 is 17.4 Å². The second kappa shape index (κ2) is 6.12. The monoisotopic (exact) mass is 268 g/mol. The average Bonchev–Trinajstić information content (AvgIpc) is 2.31. The Bertz CT molecular complexity index is 447. The number of hydrogen-bond acceptors (Lipinski definition) is 3. The summed E-state index contributed by atoms with van der Waals surface area (Å²) in [5.41, 5.74) is -0.421. The van der Waals surface area contributed by atoms with Crippen molar-refractivity contribution in [2.45, 2.75) is 25.4 Å². The van der Waals surface area contributed by atoms with Crippen molar-refractivity contribution >= 4 is 5.91 Å². The molecular weight excluding hydrogens is 247 g/mol. The van der Waals surface area contributed by atoms with Gasteiger partial charge in [-0.1, -0.05) is 18.2 Å². The summed E-state index contributed by atoms with van der Waals surface area (Å²) in [7, 11) is 3.42. The van der Waals surface area contributed by atoms with Gasteiger partial charge in [0.1, 0.15) is 11.9 Å². The molecule has 4 nitrogen and oxygen atoms in total. The molecule has 0 aliphatic carbocycles. The maximum Gasteiger partial charge on any atom is 0.242 e. The van der Waals surface area contributed by atoms with Crippen LogP contribution in [0.2, 0.25) is 0 Å². The van der Waals surface area contributed by atoms with Gasteiger partial charge in [0.05, 0.1) is 12.1 Å². The van der Waals surface area contributed by atoms with Crippen LogP contribution < -0.4 is 5.32 Å². The summed E-state index contributed by atoms with van der Waals surface area (Å²) < 4.78 is 13.8. The first-order chi connectivity index (χ1) is 8.78. The van der Waals surface area contributed by atoms with E-state index in [2.05, 4.69) is 5.32 Å². The number of halogens is 1. The zero-order valence-corrected chi connectivity index (χ0v) is 11.8. The summed E-state index contributed by atoms with van der Waals surface area (Å²) in [5.74, 6) is -0.757. The fourth-order valence-electron chi connectivity index (χ4n) is 1.79. The van der Waals surface area contributed by atoms with Gasteiger partial charge < -0.3 is 10.4 Å². The number of aliphatic hydroxyl groups is 1. The van der Waals surface area contributed by atoms with Gasteiger partial charge >= 0.3 is 0 Å². The lowest BCUT2D eigenvalue weighted by Crippen LogP contribution is -2.50. The molecule has 1 unspecified atom stereocenters. The van der Waals surface area contributed by atoms with Crippen molar-refractivity contribution in [3.05, 3.63) is 35.6 Å². The van der Waals surface area contributed by atoms with Gasteiger partial charge in [0.15, 0.2) is 0 Å². The van der Waals surface area contributed by atoms with Crippen molar-refractivity contribution < 1.29 is 14.3 Å². The molecular formula is C14H21FN2O2. The molecule has 0 heterocycles. The minimum atomic E-state index is -0.739. The molecule has 0 aliphatic heterocycles. The number of amides is 1. The summed E-state index contributed by atoms with van der Waals surface area (Å²) in [5, 5.41) is 11.9. The summed E-state index contributed by atoms with van der Waals surface area (Å²) in [4.78, 5) is 13.9. The highest BCUT2D eigenvalue weighted by Crippen LogP contribution is 2.22. The minimum Gasteiger partial charge on any atom is -0.394 e. The molecule has 106 valence electrons. The van der Waals surface area contributed by atoms with Gasteiger partial charge in [0, 0.05) is 5.56 Å². The third-order valence-electron chi connectivity index (χ3n) is 2.82. The summed E-state index contributed by atoms with van der Waals surface area (Å²) in [6.45, 7) is 3.23. The van der Waals surface area contributed by atoms with Gasteiger partial charge in [0.25, 0.3) is 0 Å². The van der Waals surface area contributed by atoms with Crippen molar-refractivity contribution in [2.75, 3.05) is 20.7 Å². The molecule has 1 amide bonds. The number of aliphatic hydroxyl groups excluding tert-OH is 1. The van der Waals surface area contributed by atoms with Crippen LogP contribution >= 0.6 is 0 Å². The fraction of sp³-hybridized carbons (Fsp3) is 0.500. The lowest BCUT2D eigenvalue weighted by atomic mass is 10.0. The molecule has 0 saturated heterocycles. The number of nitrogens with zero attached hydrogens (tertiary/aromatic N) is 1. The van der Waals surface area contributed by atoms with Crippen molar-refractivity contribution in [1.82, 2.24) is 10.2 Å². The highest BCUT2D eigenvalue weighted by molar-refractivity contribution is 5.83. The highest BCUT2D eigenvalue weighted by atomic mass is 19.1. The van der Waals surface area contributed by atoms with Gasteiger partial charge in [-0.25, -0.2) is 4.39 Å². The van der Waals surface area contributed by atoms with Crippen LogP contribution in [0, 0.1) is 5.82 Å². The van der Waals surface area contributed by atoms with Crippen molar-refractivity contribution in [1.29, 1.82) is 0 Å². The molecule has 5 heteroatoms. The lowest BCUT2D eigenvalue weighted by molar-refractivity contribution is -0.128. The Kier molecular flexibility index (Phi) is 5.03. The normalized spacial score (nSPS) is 13.4. The van der Waals surface area contributed by atoms with Gasteiger partial charge in [0.2, 0.25) is 5.91 Å². The van der Waals surface area contributed by atoms with Crippen LogP contribution in [0.15, 0.2) is 24.3 Å². The van der Waals surface area contributed by atoms with E-state index in [0.717, 1.165) is 0 Å². The summed E-state index contributed by atoms with van der Waals surface area (Å²) in [6, 6.07) is 5.47. The second-order valence-electron chi connectivity index (χ2n) is 5.42. The standard InChI is InChI=1S/C14H21FN2O2/c1-14(2,9-18)16-13(19)12(17(3)4)10-7-5-6-8-11(10)15/h5-8,12,18H,9H2,1-4H3,(H,16,19). The molecule has 0 aliphatic rings. The Morgan fingerprint density at radius 1 is 1.42 bits per heavy atom.